The second kappa shape index (κ2) is 6.33. The molecule has 4 nitrogen and oxygen atoms in total. The molecule has 1 aromatic carbocycles. The third kappa shape index (κ3) is 6.03. The number of hydrogen-bond donors (Lipinski definition) is 1. The van der Waals surface area contributed by atoms with E-state index in [1.54, 1.807) is 12.1 Å². The molecule has 0 saturated heterocycles. The predicted octanol–water partition coefficient (Wildman–Crippen LogP) is 3.91. The first-order chi connectivity index (χ1) is 9.44. The number of carboxylic acids is 1. The average Bonchev–Trinajstić information content (AvgIpc) is 2.24. The van der Waals surface area contributed by atoms with E-state index in [2.05, 4.69) is 0 Å². The van der Waals surface area contributed by atoms with Crippen molar-refractivity contribution in [2.24, 2.45) is 5.41 Å². The zero-order valence-corrected chi connectivity index (χ0v) is 14.3. The second-order valence-corrected chi connectivity index (χ2v) is 9.47. The topological polar surface area (TPSA) is 63.6 Å². The Hall–Kier alpha value is -1.12. The van der Waals surface area contributed by atoms with Gasteiger partial charge in [-0.2, -0.15) is 0 Å². The van der Waals surface area contributed by atoms with Crippen LogP contribution in [0, 0.1) is 5.41 Å². The Morgan fingerprint density at radius 3 is 2.10 bits per heavy atom. The van der Waals surface area contributed by atoms with E-state index in [1.807, 2.05) is 52.8 Å². The summed E-state index contributed by atoms with van der Waals surface area (Å²) in [5.41, 5.74) is -1.17. The molecule has 1 aromatic rings. The molecule has 0 aromatic heterocycles. The van der Waals surface area contributed by atoms with Crippen LogP contribution in [0.3, 0.4) is 0 Å². The molecule has 0 aliphatic rings. The van der Waals surface area contributed by atoms with Crippen LogP contribution in [-0.4, -0.2) is 22.8 Å². The molecule has 0 aliphatic heterocycles. The summed E-state index contributed by atoms with van der Waals surface area (Å²) < 4.78 is 19.3. The highest BCUT2D eigenvalue weighted by atomic mass is 31.2. The van der Waals surface area contributed by atoms with Crippen molar-refractivity contribution in [1.82, 2.24) is 0 Å². The SMILES string of the molecule is CC(C)(CC(=O)O)CP(=O)(OC(C)(C)C)c1ccccc1. The van der Waals surface area contributed by atoms with E-state index in [4.69, 9.17) is 9.63 Å². The van der Waals surface area contributed by atoms with Crippen LogP contribution in [0.4, 0.5) is 0 Å². The molecule has 118 valence electrons. The van der Waals surface area contributed by atoms with Gasteiger partial charge in [0, 0.05) is 11.5 Å². The maximum absolute atomic E-state index is 13.4. The van der Waals surface area contributed by atoms with Gasteiger partial charge in [0.2, 0.25) is 7.37 Å². The first kappa shape index (κ1) is 17.9. The maximum Gasteiger partial charge on any atom is 0.303 e. The van der Waals surface area contributed by atoms with E-state index in [0.29, 0.717) is 5.30 Å². The summed E-state index contributed by atoms with van der Waals surface area (Å²) in [6, 6.07) is 9.05. The number of benzene rings is 1. The fraction of sp³-hybridized carbons (Fsp3) is 0.562. The van der Waals surface area contributed by atoms with Gasteiger partial charge in [-0.1, -0.05) is 32.0 Å². The molecule has 1 unspecified atom stereocenters. The Labute approximate surface area is 127 Å². The molecule has 0 saturated carbocycles. The minimum absolute atomic E-state index is 0.0443. The lowest BCUT2D eigenvalue weighted by atomic mass is 9.92. The van der Waals surface area contributed by atoms with Crippen molar-refractivity contribution in [3.05, 3.63) is 30.3 Å². The van der Waals surface area contributed by atoms with E-state index in [-0.39, 0.29) is 12.6 Å². The van der Waals surface area contributed by atoms with Crippen molar-refractivity contribution >= 4 is 18.6 Å². The van der Waals surface area contributed by atoms with Crippen LogP contribution >= 0.6 is 7.37 Å². The van der Waals surface area contributed by atoms with Gasteiger partial charge in [0.25, 0.3) is 0 Å². The molecule has 0 spiro atoms. The summed E-state index contributed by atoms with van der Waals surface area (Å²) in [5, 5.41) is 9.66. The Balaban J connectivity index is 3.15. The fourth-order valence-electron chi connectivity index (χ4n) is 2.30. The third-order valence-electron chi connectivity index (χ3n) is 2.84. The molecule has 0 bridgehead atoms. The summed E-state index contributed by atoms with van der Waals surface area (Å²) in [4.78, 5) is 11.0. The van der Waals surface area contributed by atoms with Crippen LogP contribution in [0.25, 0.3) is 0 Å². The molecule has 0 fully saturated rings. The molecule has 1 N–H and O–H groups in total. The van der Waals surface area contributed by atoms with Gasteiger partial charge in [-0.25, -0.2) is 0 Å². The van der Waals surface area contributed by atoms with Crippen molar-refractivity contribution in [1.29, 1.82) is 0 Å². The van der Waals surface area contributed by atoms with E-state index in [9.17, 15) is 9.36 Å². The van der Waals surface area contributed by atoms with Gasteiger partial charge in [0.15, 0.2) is 0 Å². The minimum Gasteiger partial charge on any atom is -0.481 e. The lowest BCUT2D eigenvalue weighted by Crippen LogP contribution is -2.29. The Morgan fingerprint density at radius 2 is 1.67 bits per heavy atom. The third-order valence-corrected chi connectivity index (χ3v) is 6.04. The summed E-state index contributed by atoms with van der Waals surface area (Å²) in [6.45, 7) is 9.18. The van der Waals surface area contributed by atoms with E-state index in [1.165, 1.54) is 0 Å². The maximum atomic E-state index is 13.4. The Kier molecular flexibility index (Phi) is 5.40. The molecule has 0 aliphatic carbocycles. The first-order valence-corrected chi connectivity index (χ1v) is 8.82. The molecule has 0 radical (unpaired) electrons. The fourth-order valence-corrected chi connectivity index (χ4v) is 5.41. The summed E-state index contributed by atoms with van der Waals surface area (Å²) >= 11 is 0. The molecule has 1 rings (SSSR count). The van der Waals surface area contributed by atoms with Crippen molar-refractivity contribution in [2.75, 3.05) is 6.16 Å². The van der Waals surface area contributed by atoms with Crippen LogP contribution in [0.1, 0.15) is 41.0 Å². The highest BCUT2D eigenvalue weighted by molar-refractivity contribution is 7.67. The predicted molar refractivity (Wildman–Crippen MR) is 85.4 cm³/mol. The number of hydrogen-bond acceptors (Lipinski definition) is 3. The van der Waals surface area contributed by atoms with Crippen LogP contribution in [-0.2, 0) is 13.9 Å². The summed E-state index contributed by atoms with van der Waals surface area (Å²) in [7, 11) is -3.13. The lowest BCUT2D eigenvalue weighted by Gasteiger charge is -2.33. The number of rotatable bonds is 6. The monoisotopic (exact) mass is 312 g/mol. The van der Waals surface area contributed by atoms with E-state index in [0.717, 1.165) is 0 Å². The Morgan fingerprint density at radius 1 is 1.14 bits per heavy atom. The molecular formula is C16H25O4P. The largest absolute Gasteiger partial charge is 0.481 e. The highest BCUT2D eigenvalue weighted by Gasteiger charge is 2.38. The van der Waals surface area contributed by atoms with Gasteiger partial charge < -0.3 is 9.63 Å². The van der Waals surface area contributed by atoms with Crippen molar-refractivity contribution in [2.45, 2.75) is 46.6 Å². The van der Waals surface area contributed by atoms with E-state index >= 15 is 0 Å². The second-order valence-electron chi connectivity index (χ2n) is 7.11. The van der Waals surface area contributed by atoms with Crippen molar-refractivity contribution < 1.29 is 19.0 Å². The molecular weight excluding hydrogens is 287 g/mol. The van der Waals surface area contributed by atoms with Gasteiger partial charge in [0.1, 0.15) is 0 Å². The minimum atomic E-state index is -3.13. The van der Waals surface area contributed by atoms with Crippen LogP contribution in [0.5, 0.6) is 0 Å². The number of carboxylic acid groups (broad SMARTS) is 1. The number of aliphatic carboxylic acids is 1. The standard InChI is InChI=1S/C16H25O4P/c1-15(2,3)20-21(19,13-9-7-6-8-10-13)12-16(4,5)11-14(17)18/h6-10H,11-12H2,1-5H3,(H,17,18). The van der Waals surface area contributed by atoms with Crippen LogP contribution < -0.4 is 5.30 Å². The number of carbonyl (C=O) groups is 1. The smallest absolute Gasteiger partial charge is 0.303 e. The summed E-state index contributed by atoms with van der Waals surface area (Å²) in [5.74, 6) is -0.893. The molecule has 1 atom stereocenters. The van der Waals surface area contributed by atoms with Crippen LogP contribution in [0.2, 0.25) is 0 Å². The summed E-state index contributed by atoms with van der Waals surface area (Å²) in [6.07, 6.45) is 0.158. The first-order valence-electron chi connectivity index (χ1n) is 7.01. The van der Waals surface area contributed by atoms with Crippen molar-refractivity contribution in [3.63, 3.8) is 0 Å². The molecule has 0 amide bonds. The zero-order valence-electron chi connectivity index (χ0n) is 13.4. The molecule has 0 heterocycles. The quantitative estimate of drug-likeness (QED) is 0.809. The zero-order chi connectivity index (χ0) is 16.3. The van der Waals surface area contributed by atoms with E-state index < -0.39 is 24.4 Å². The van der Waals surface area contributed by atoms with Gasteiger partial charge in [0.05, 0.1) is 12.0 Å². The normalized spacial score (nSPS) is 15.5. The van der Waals surface area contributed by atoms with Gasteiger partial charge in [-0.05, 0) is 38.3 Å². The Bertz CT molecular complexity index is 529. The average molecular weight is 312 g/mol. The van der Waals surface area contributed by atoms with Crippen molar-refractivity contribution in [3.8, 4) is 0 Å². The van der Waals surface area contributed by atoms with Gasteiger partial charge in [-0.15, -0.1) is 0 Å². The molecule has 21 heavy (non-hydrogen) atoms. The van der Waals surface area contributed by atoms with Gasteiger partial charge in [-0.3, -0.25) is 9.36 Å². The van der Waals surface area contributed by atoms with Crippen LogP contribution in [0.15, 0.2) is 30.3 Å². The van der Waals surface area contributed by atoms with Gasteiger partial charge >= 0.3 is 5.97 Å². The lowest BCUT2D eigenvalue weighted by molar-refractivity contribution is -0.138. The molecule has 5 heteroatoms. The highest BCUT2D eigenvalue weighted by Crippen LogP contribution is 2.53.